The predicted molar refractivity (Wildman–Crippen MR) is 99.8 cm³/mol. The van der Waals surface area contributed by atoms with Crippen molar-refractivity contribution >= 4 is 29.1 Å². The van der Waals surface area contributed by atoms with Gasteiger partial charge in [-0.3, -0.25) is 9.59 Å². The van der Waals surface area contributed by atoms with Gasteiger partial charge in [0.25, 0.3) is 0 Å². The van der Waals surface area contributed by atoms with Crippen LogP contribution in [0.15, 0.2) is 48.5 Å². The number of rotatable bonds is 5. The molecule has 0 radical (unpaired) electrons. The summed E-state index contributed by atoms with van der Waals surface area (Å²) in [4.78, 5) is 26.6. The summed E-state index contributed by atoms with van der Waals surface area (Å²) in [6, 6.07) is 15.3. The van der Waals surface area contributed by atoms with Crippen molar-refractivity contribution in [3.8, 4) is 0 Å². The lowest BCUT2D eigenvalue weighted by molar-refractivity contribution is -0.132. The largest absolute Gasteiger partial charge is 0.355 e. The summed E-state index contributed by atoms with van der Waals surface area (Å²) in [6.45, 7) is 3.13. The molecule has 25 heavy (non-hydrogen) atoms. The van der Waals surface area contributed by atoms with Gasteiger partial charge in [0.15, 0.2) is 0 Å². The zero-order valence-corrected chi connectivity index (χ0v) is 14.9. The van der Waals surface area contributed by atoms with Gasteiger partial charge in [0, 0.05) is 23.8 Å². The molecule has 1 fully saturated rings. The minimum Gasteiger partial charge on any atom is -0.355 e. The van der Waals surface area contributed by atoms with Gasteiger partial charge >= 0.3 is 0 Å². The van der Waals surface area contributed by atoms with E-state index >= 15 is 0 Å². The Hall–Kier alpha value is -2.33. The molecule has 5 heteroatoms. The van der Waals surface area contributed by atoms with Crippen LogP contribution in [-0.2, 0) is 16.0 Å². The smallest absolute Gasteiger partial charge is 0.239 e. The van der Waals surface area contributed by atoms with Crippen LogP contribution >= 0.6 is 11.6 Å². The molecule has 2 aromatic rings. The average Bonchev–Trinajstić information content (AvgIpc) is 2.97. The molecule has 1 unspecified atom stereocenters. The zero-order valence-electron chi connectivity index (χ0n) is 14.2. The van der Waals surface area contributed by atoms with Gasteiger partial charge in [-0.15, -0.1) is 0 Å². The molecule has 2 amide bonds. The molecule has 130 valence electrons. The first-order valence-electron chi connectivity index (χ1n) is 8.45. The van der Waals surface area contributed by atoms with Gasteiger partial charge in [0.2, 0.25) is 11.8 Å². The predicted octanol–water partition coefficient (Wildman–Crippen LogP) is 3.36. The van der Waals surface area contributed by atoms with Crippen molar-refractivity contribution < 1.29 is 9.59 Å². The summed E-state index contributed by atoms with van der Waals surface area (Å²) in [7, 11) is 0. The number of nitrogens with one attached hydrogen (secondary N) is 1. The van der Waals surface area contributed by atoms with E-state index in [1.165, 1.54) is 11.1 Å². The molecule has 0 bridgehead atoms. The molecule has 0 aliphatic carbocycles. The van der Waals surface area contributed by atoms with Gasteiger partial charge in [-0.25, -0.2) is 0 Å². The second-order valence-corrected chi connectivity index (χ2v) is 6.77. The van der Waals surface area contributed by atoms with E-state index in [-0.39, 0.29) is 11.8 Å². The van der Waals surface area contributed by atoms with Crippen LogP contribution < -0.4 is 10.2 Å². The number of hydrogen-bond acceptors (Lipinski definition) is 2. The van der Waals surface area contributed by atoms with Crippen molar-refractivity contribution in [3.05, 3.63) is 64.7 Å². The van der Waals surface area contributed by atoms with E-state index in [0.717, 1.165) is 12.1 Å². The van der Waals surface area contributed by atoms with Crippen LogP contribution in [0, 0.1) is 12.8 Å². The van der Waals surface area contributed by atoms with Gasteiger partial charge < -0.3 is 10.2 Å². The van der Waals surface area contributed by atoms with Crippen LogP contribution in [0.1, 0.15) is 17.5 Å². The zero-order chi connectivity index (χ0) is 17.8. The van der Waals surface area contributed by atoms with Crippen molar-refractivity contribution in [2.24, 2.45) is 5.92 Å². The summed E-state index contributed by atoms with van der Waals surface area (Å²) in [5.74, 6) is -0.933. The molecule has 0 saturated carbocycles. The highest BCUT2D eigenvalue weighted by atomic mass is 35.5. The van der Waals surface area contributed by atoms with Crippen molar-refractivity contribution in [1.29, 1.82) is 0 Å². The van der Waals surface area contributed by atoms with Crippen molar-refractivity contribution in [2.75, 3.05) is 18.0 Å². The highest BCUT2D eigenvalue weighted by molar-refractivity contribution is 6.30. The maximum absolute atomic E-state index is 12.5. The van der Waals surface area contributed by atoms with Crippen LogP contribution in [-0.4, -0.2) is 24.9 Å². The normalized spacial score (nSPS) is 17.0. The quantitative estimate of drug-likeness (QED) is 0.835. The third-order valence-electron chi connectivity index (χ3n) is 4.46. The Morgan fingerprint density at radius 3 is 2.72 bits per heavy atom. The average molecular weight is 357 g/mol. The summed E-state index contributed by atoms with van der Waals surface area (Å²) in [5, 5.41) is 3.52. The third-order valence-corrected chi connectivity index (χ3v) is 4.71. The molecule has 1 N–H and O–H groups in total. The molecule has 2 aromatic carbocycles. The minimum absolute atomic E-state index is 0.143. The molecule has 4 nitrogen and oxygen atoms in total. The number of nitrogens with zero attached hydrogens (tertiary/aromatic N) is 1. The summed E-state index contributed by atoms with van der Waals surface area (Å²) in [6.07, 6.45) is 1.30. The van der Waals surface area contributed by atoms with E-state index in [4.69, 9.17) is 11.6 Å². The molecule has 1 atom stereocenters. The maximum atomic E-state index is 12.5. The molecule has 1 heterocycles. The third kappa shape index (κ3) is 4.20. The van der Waals surface area contributed by atoms with Crippen molar-refractivity contribution in [1.82, 2.24) is 5.32 Å². The number of aryl methyl sites for hydroxylation is 1. The van der Waals surface area contributed by atoms with Gasteiger partial charge in [-0.05, 0) is 49.6 Å². The molecular weight excluding hydrogens is 336 g/mol. The molecule has 3 rings (SSSR count). The standard InChI is InChI=1S/C20H21ClN2O2/c1-14-3-2-4-15(13-14)9-11-22-19(24)18-10-12-23(20(18)25)17-7-5-16(21)6-8-17/h2-8,13,18H,9-12H2,1H3,(H,22,24). The van der Waals surface area contributed by atoms with E-state index in [1.807, 2.05) is 25.1 Å². The molecule has 1 aliphatic heterocycles. The fourth-order valence-corrected chi connectivity index (χ4v) is 3.25. The maximum Gasteiger partial charge on any atom is 0.239 e. The lowest BCUT2D eigenvalue weighted by Gasteiger charge is -2.17. The van der Waals surface area contributed by atoms with Crippen LogP contribution in [0.3, 0.4) is 0 Å². The first-order valence-corrected chi connectivity index (χ1v) is 8.82. The summed E-state index contributed by atoms with van der Waals surface area (Å²) < 4.78 is 0. The molecular formula is C20H21ClN2O2. The molecule has 0 aromatic heterocycles. The number of carbonyl (C=O) groups is 2. The highest BCUT2D eigenvalue weighted by Gasteiger charge is 2.37. The lowest BCUT2D eigenvalue weighted by Crippen LogP contribution is -2.37. The molecule has 1 aliphatic rings. The Labute approximate surface area is 152 Å². The Morgan fingerprint density at radius 1 is 1.24 bits per heavy atom. The van der Waals surface area contributed by atoms with E-state index in [0.29, 0.717) is 24.5 Å². The van der Waals surface area contributed by atoms with Crippen molar-refractivity contribution in [2.45, 2.75) is 19.8 Å². The van der Waals surface area contributed by atoms with Crippen LogP contribution in [0.25, 0.3) is 0 Å². The summed E-state index contributed by atoms with van der Waals surface area (Å²) in [5.41, 5.74) is 3.17. The van der Waals surface area contributed by atoms with E-state index in [9.17, 15) is 9.59 Å². The number of amides is 2. The van der Waals surface area contributed by atoms with Crippen LogP contribution in [0.5, 0.6) is 0 Å². The number of halogens is 1. The number of benzene rings is 2. The van der Waals surface area contributed by atoms with Gasteiger partial charge in [-0.1, -0.05) is 41.4 Å². The fourth-order valence-electron chi connectivity index (χ4n) is 3.12. The van der Waals surface area contributed by atoms with Crippen LogP contribution in [0.2, 0.25) is 5.02 Å². The second kappa shape index (κ2) is 7.70. The lowest BCUT2D eigenvalue weighted by atomic mass is 10.1. The number of hydrogen-bond donors (Lipinski definition) is 1. The van der Waals surface area contributed by atoms with E-state index < -0.39 is 5.92 Å². The van der Waals surface area contributed by atoms with Gasteiger partial charge in [0.05, 0.1) is 0 Å². The van der Waals surface area contributed by atoms with Crippen LogP contribution in [0.4, 0.5) is 5.69 Å². The Bertz CT molecular complexity index is 774. The van der Waals surface area contributed by atoms with Gasteiger partial charge in [-0.2, -0.15) is 0 Å². The first-order chi connectivity index (χ1) is 12.0. The highest BCUT2D eigenvalue weighted by Crippen LogP contribution is 2.26. The Morgan fingerprint density at radius 2 is 2.00 bits per heavy atom. The Kier molecular flexibility index (Phi) is 5.39. The van der Waals surface area contributed by atoms with Gasteiger partial charge in [0.1, 0.15) is 5.92 Å². The van der Waals surface area contributed by atoms with Crippen molar-refractivity contribution in [3.63, 3.8) is 0 Å². The fraction of sp³-hybridized carbons (Fsp3) is 0.300. The number of anilines is 1. The van der Waals surface area contributed by atoms with E-state index in [1.54, 1.807) is 29.2 Å². The van der Waals surface area contributed by atoms with E-state index in [2.05, 4.69) is 11.4 Å². The number of carbonyl (C=O) groups excluding carboxylic acids is 2. The summed E-state index contributed by atoms with van der Waals surface area (Å²) >= 11 is 5.88. The first kappa shape index (κ1) is 17.5. The minimum atomic E-state index is -0.604. The monoisotopic (exact) mass is 356 g/mol. The topological polar surface area (TPSA) is 49.4 Å². The molecule has 0 spiro atoms. The SMILES string of the molecule is Cc1cccc(CCNC(=O)C2CCN(c3ccc(Cl)cc3)C2=O)c1. The molecule has 1 saturated heterocycles. The Balaban J connectivity index is 1.54. The second-order valence-electron chi connectivity index (χ2n) is 6.34.